The van der Waals surface area contributed by atoms with Crippen molar-refractivity contribution in [3.05, 3.63) is 72.8 Å². The predicted molar refractivity (Wildman–Crippen MR) is 121 cm³/mol. The third-order valence-corrected chi connectivity index (χ3v) is 5.38. The van der Waals surface area contributed by atoms with Gasteiger partial charge in [-0.05, 0) is 48.0 Å². The quantitative estimate of drug-likeness (QED) is 0.433. The number of aromatic amines is 1. The van der Waals surface area contributed by atoms with Gasteiger partial charge in [0.15, 0.2) is 0 Å². The number of para-hydroxylation sites is 1. The summed E-state index contributed by atoms with van der Waals surface area (Å²) in [6.07, 6.45) is 0. The molecule has 0 bridgehead atoms. The number of morpholine rings is 1. The molecule has 3 aromatic carbocycles. The zero-order valence-electron chi connectivity index (χ0n) is 16.2. The molecule has 0 unspecified atom stereocenters. The highest BCUT2D eigenvalue weighted by Gasteiger charge is 2.11. The molecule has 2 heterocycles. The molecule has 4 N–H and O–H groups in total. The molecule has 1 aromatic heterocycles. The Balaban J connectivity index is 1.40. The highest BCUT2D eigenvalue weighted by Crippen LogP contribution is 2.32. The molecule has 5 rings (SSSR count). The highest BCUT2D eigenvalue weighted by molar-refractivity contribution is 5.97. The summed E-state index contributed by atoms with van der Waals surface area (Å²) in [5.41, 5.74) is 12.4. The largest absolute Gasteiger partial charge is 0.399 e. The molecule has 1 saturated heterocycles. The van der Waals surface area contributed by atoms with Crippen LogP contribution in [0.2, 0.25) is 0 Å². The number of nitrogen functional groups attached to an aromatic ring is 1. The smallest absolute Gasteiger partial charge is 0.108 e. The van der Waals surface area contributed by atoms with Gasteiger partial charge in [-0.25, -0.2) is 0 Å². The van der Waals surface area contributed by atoms with Gasteiger partial charge < -0.3 is 25.7 Å². The molecule has 1 aliphatic rings. The van der Waals surface area contributed by atoms with E-state index >= 15 is 0 Å². The van der Waals surface area contributed by atoms with Gasteiger partial charge in [0.05, 0.1) is 18.7 Å². The van der Waals surface area contributed by atoms with Crippen LogP contribution in [0, 0.1) is 0 Å². The lowest BCUT2D eigenvalue weighted by Crippen LogP contribution is -2.36. The minimum absolute atomic E-state index is 0.768. The SMILES string of the molecule is Nc1cccc(-c2cccc3cc(Nc4ccc(N5CCOCC5)cc4)[nH]c23)c1. The van der Waals surface area contributed by atoms with E-state index in [1.807, 2.05) is 18.2 Å². The number of aromatic nitrogens is 1. The highest BCUT2D eigenvalue weighted by atomic mass is 16.5. The second-order valence-electron chi connectivity index (χ2n) is 7.35. The van der Waals surface area contributed by atoms with Crippen molar-refractivity contribution >= 4 is 33.8 Å². The molecule has 29 heavy (non-hydrogen) atoms. The Bertz CT molecular complexity index is 1130. The standard InChI is InChI=1S/C24H24N4O/c25-19-5-1-3-17(15-19)22-6-2-4-18-16-23(27-24(18)22)26-20-7-9-21(10-8-20)28-11-13-29-14-12-28/h1-10,15-16,26-27H,11-14,25H2. The molecule has 1 aliphatic heterocycles. The average molecular weight is 384 g/mol. The van der Waals surface area contributed by atoms with Crippen molar-refractivity contribution in [2.45, 2.75) is 0 Å². The lowest BCUT2D eigenvalue weighted by molar-refractivity contribution is 0.122. The fraction of sp³-hybridized carbons (Fsp3) is 0.167. The molecule has 1 fully saturated rings. The van der Waals surface area contributed by atoms with E-state index in [9.17, 15) is 0 Å². The molecule has 5 heteroatoms. The van der Waals surface area contributed by atoms with Crippen LogP contribution in [0.25, 0.3) is 22.0 Å². The Kier molecular flexibility index (Phi) is 4.58. The maximum absolute atomic E-state index is 5.98. The van der Waals surface area contributed by atoms with E-state index in [0.29, 0.717) is 0 Å². The molecule has 4 aromatic rings. The van der Waals surface area contributed by atoms with E-state index in [2.05, 4.69) is 69.8 Å². The summed E-state index contributed by atoms with van der Waals surface area (Å²) < 4.78 is 5.44. The Morgan fingerprint density at radius 1 is 0.897 bits per heavy atom. The van der Waals surface area contributed by atoms with E-state index in [0.717, 1.165) is 65.5 Å². The van der Waals surface area contributed by atoms with Crippen molar-refractivity contribution in [1.29, 1.82) is 0 Å². The fourth-order valence-electron chi connectivity index (χ4n) is 3.90. The summed E-state index contributed by atoms with van der Waals surface area (Å²) in [4.78, 5) is 5.88. The second kappa shape index (κ2) is 7.53. The van der Waals surface area contributed by atoms with Crippen molar-refractivity contribution in [1.82, 2.24) is 4.98 Å². The van der Waals surface area contributed by atoms with Gasteiger partial charge >= 0.3 is 0 Å². The van der Waals surface area contributed by atoms with Gasteiger partial charge in [0.25, 0.3) is 0 Å². The topological polar surface area (TPSA) is 66.3 Å². The number of rotatable bonds is 4. The maximum Gasteiger partial charge on any atom is 0.108 e. The minimum atomic E-state index is 0.768. The third-order valence-electron chi connectivity index (χ3n) is 5.38. The molecule has 0 amide bonds. The molecule has 5 nitrogen and oxygen atoms in total. The number of anilines is 4. The fourth-order valence-corrected chi connectivity index (χ4v) is 3.90. The Labute approximate surface area is 170 Å². The molecule has 0 spiro atoms. The summed E-state index contributed by atoms with van der Waals surface area (Å²) in [7, 11) is 0. The van der Waals surface area contributed by atoms with E-state index in [1.54, 1.807) is 0 Å². The normalized spacial score (nSPS) is 14.3. The summed E-state index contributed by atoms with van der Waals surface area (Å²) in [5.74, 6) is 0.968. The first-order valence-corrected chi connectivity index (χ1v) is 9.94. The van der Waals surface area contributed by atoms with Gasteiger partial charge in [0, 0.05) is 41.1 Å². The molecular weight excluding hydrogens is 360 g/mol. The molecule has 0 atom stereocenters. The monoisotopic (exact) mass is 384 g/mol. The van der Waals surface area contributed by atoms with Crippen LogP contribution in [-0.4, -0.2) is 31.3 Å². The van der Waals surface area contributed by atoms with Gasteiger partial charge in [-0.15, -0.1) is 0 Å². The van der Waals surface area contributed by atoms with Crippen LogP contribution in [0.4, 0.5) is 22.9 Å². The van der Waals surface area contributed by atoms with E-state index < -0.39 is 0 Å². The zero-order chi connectivity index (χ0) is 19.6. The van der Waals surface area contributed by atoms with Gasteiger partial charge in [-0.2, -0.15) is 0 Å². The van der Waals surface area contributed by atoms with Crippen molar-refractivity contribution in [2.75, 3.05) is 42.3 Å². The first kappa shape index (κ1) is 17.6. The lowest BCUT2D eigenvalue weighted by atomic mass is 10.0. The number of hydrogen-bond donors (Lipinski definition) is 3. The number of H-pyrrole nitrogens is 1. The van der Waals surface area contributed by atoms with Crippen LogP contribution in [0.3, 0.4) is 0 Å². The third kappa shape index (κ3) is 3.65. The van der Waals surface area contributed by atoms with E-state index in [1.165, 1.54) is 5.69 Å². The maximum atomic E-state index is 5.98. The van der Waals surface area contributed by atoms with Crippen LogP contribution < -0.4 is 16.0 Å². The number of nitrogens with zero attached hydrogens (tertiary/aromatic N) is 1. The van der Waals surface area contributed by atoms with E-state index in [4.69, 9.17) is 10.5 Å². The first-order valence-electron chi connectivity index (χ1n) is 9.94. The summed E-state index contributed by atoms with van der Waals surface area (Å²) in [6, 6.07) is 25.0. The summed E-state index contributed by atoms with van der Waals surface area (Å²) in [6.45, 7) is 3.48. The molecule has 0 aliphatic carbocycles. The van der Waals surface area contributed by atoms with Crippen LogP contribution in [0.1, 0.15) is 0 Å². The van der Waals surface area contributed by atoms with Crippen molar-refractivity contribution in [3.63, 3.8) is 0 Å². The molecular formula is C24H24N4O. The zero-order valence-corrected chi connectivity index (χ0v) is 16.2. The Morgan fingerprint density at radius 3 is 2.48 bits per heavy atom. The van der Waals surface area contributed by atoms with Gasteiger partial charge in [-0.3, -0.25) is 0 Å². The van der Waals surface area contributed by atoms with Crippen LogP contribution >= 0.6 is 0 Å². The average Bonchev–Trinajstić information content (AvgIpc) is 3.17. The van der Waals surface area contributed by atoms with Crippen molar-refractivity contribution in [3.8, 4) is 11.1 Å². The Morgan fingerprint density at radius 2 is 1.69 bits per heavy atom. The van der Waals surface area contributed by atoms with E-state index in [-0.39, 0.29) is 0 Å². The van der Waals surface area contributed by atoms with Gasteiger partial charge in [-0.1, -0.05) is 30.3 Å². The number of fused-ring (bicyclic) bond motifs is 1. The lowest BCUT2D eigenvalue weighted by Gasteiger charge is -2.28. The van der Waals surface area contributed by atoms with Crippen LogP contribution in [0.5, 0.6) is 0 Å². The molecule has 0 radical (unpaired) electrons. The minimum Gasteiger partial charge on any atom is -0.399 e. The first-order chi connectivity index (χ1) is 14.3. The second-order valence-corrected chi connectivity index (χ2v) is 7.35. The predicted octanol–water partition coefficient (Wildman–Crippen LogP) is 5.00. The van der Waals surface area contributed by atoms with Gasteiger partial charge in [0.1, 0.15) is 5.82 Å². The van der Waals surface area contributed by atoms with Crippen LogP contribution in [-0.2, 0) is 4.74 Å². The number of ether oxygens (including phenoxy) is 1. The van der Waals surface area contributed by atoms with Crippen molar-refractivity contribution in [2.24, 2.45) is 0 Å². The summed E-state index contributed by atoms with van der Waals surface area (Å²) >= 11 is 0. The summed E-state index contributed by atoms with van der Waals surface area (Å²) in [5, 5.41) is 4.65. The number of nitrogens with two attached hydrogens (primary N) is 1. The van der Waals surface area contributed by atoms with Crippen LogP contribution in [0.15, 0.2) is 72.8 Å². The van der Waals surface area contributed by atoms with Gasteiger partial charge in [0.2, 0.25) is 0 Å². The Hall–Kier alpha value is -3.44. The molecule has 146 valence electrons. The number of hydrogen-bond acceptors (Lipinski definition) is 4. The number of nitrogens with one attached hydrogen (secondary N) is 2. The number of benzene rings is 3. The van der Waals surface area contributed by atoms with Crippen molar-refractivity contribution < 1.29 is 4.74 Å². The molecule has 0 saturated carbocycles.